The second-order valence-corrected chi connectivity index (χ2v) is 4.83. The minimum Gasteiger partial charge on any atom is -0.479 e. The second kappa shape index (κ2) is 5.01. The van der Waals surface area contributed by atoms with Crippen LogP contribution in [0.4, 0.5) is 0 Å². The highest BCUT2D eigenvalue weighted by Gasteiger charge is 2.30. The summed E-state index contributed by atoms with van der Waals surface area (Å²) in [6, 6.07) is 3.43. The lowest BCUT2D eigenvalue weighted by atomic mass is 10.2. The van der Waals surface area contributed by atoms with E-state index in [9.17, 15) is 9.59 Å². The second-order valence-electron chi connectivity index (χ2n) is 3.98. The summed E-state index contributed by atoms with van der Waals surface area (Å²) in [5.74, 6) is -0.936. The Bertz CT molecular complexity index is 485. The van der Waals surface area contributed by atoms with Crippen LogP contribution in [0.25, 0.3) is 0 Å². The van der Waals surface area contributed by atoms with Crippen molar-refractivity contribution >= 4 is 21.9 Å². The van der Waals surface area contributed by atoms with Crippen LogP contribution in [0.5, 0.6) is 0 Å². The SMILES string of the molecule is O=C(O)C1CCC(Cn2cccc(Br)c2=O)O1. The number of aliphatic carboxylic acids is 1. The fourth-order valence-electron chi connectivity index (χ4n) is 1.89. The van der Waals surface area contributed by atoms with Gasteiger partial charge in [-0.15, -0.1) is 0 Å². The van der Waals surface area contributed by atoms with Crippen LogP contribution in [0.3, 0.4) is 0 Å². The maximum Gasteiger partial charge on any atom is 0.332 e. The van der Waals surface area contributed by atoms with Gasteiger partial charge in [-0.3, -0.25) is 4.79 Å². The van der Waals surface area contributed by atoms with Gasteiger partial charge >= 0.3 is 5.97 Å². The van der Waals surface area contributed by atoms with Crippen LogP contribution in [-0.2, 0) is 16.1 Å². The predicted octanol–water partition coefficient (Wildman–Crippen LogP) is 1.24. The van der Waals surface area contributed by atoms with E-state index >= 15 is 0 Å². The third kappa shape index (κ3) is 2.76. The summed E-state index contributed by atoms with van der Waals surface area (Å²) in [6.45, 7) is 0.391. The Kier molecular flexibility index (Phi) is 3.63. The number of rotatable bonds is 3. The molecule has 0 radical (unpaired) electrons. The van der Waals surface area contributed by atoms with Gasteiger partial charge in [0, 0.05) is 6.20 Å². The molecule has 0 aromatic carbocycles. The molecule has 6 heteroatoms. The van der Waals surface area contributed by atoms with Crippen molar-refractivity contribution in [2.75, 3.05) is 0 Å². The maximum absolute atomic E-state index is 11.7. The van der Waals surface area contributed by atoms with Crippen molar-refractivity contribution in [1.29, 1.82) is 0 Å². The third-order valence-corrected chi connectivity index (χ3v) is 3.36. The van der Waals surface area contributed by atoms with Crippen LogP contribution in [0.2, 0.25) is 0 Å². The van der Waals surface area contributed by atoms with Gasteiger partial charge in [-0.25, -0.2) is 4.79 Å². The lowest BCUT2D eigenvalue weighted by molar-refractivity contribution is -0.149. The van der Waals surface area contributed by atoms with E-state index in [1.807, 2.05) is 0 Å². The Labute approximate surface area is 106 Å². The molecular weight excluding hydrogens is 290 g/mol. The number of carboxylic acid groups (broad SMARTS) is 1. The summed E-state index contributed by atoms with van der Waals surface area (Å²) in [5.41, 5.74) is -0.130. The molecule has 1 N–H and O–H groups in total. The molecule has 2 unspecified atom stereocenters. The highest BCUT2D eigenvalue weighted by atomic mass is 79.9. The zero-order chi connectivity index (χ0) is 12.4. The molecule has 92 valence electrons. The minimum absolute atomic E-state index is 0.130. The topological polar surface area (TPSA) is 68.5 Å². The van der Waals surface area contributed by atoms with Gasteiger partial charge in [0.25, 0.3) is 5.56 Å². The molecule has 1 aliphatic heterocycles. The molecule has 1 aromatic heterocycles. The summed E-state index contributed by atoms with van der Waals surface area (Å²) in [6.07, 6.45) is 1.90. The molecule has 0 bridgehead atoms. The highest BCUT2D eigenvalue weighted by molar-refractivity contribution is 9.10. The molecule has 1 aliphatic rings. The molecule has 0 spiro atoms. The molecule has 2 heterocycles. The lowest BCUT2D eigenvalue weighted by Gasteiger charge is -2.13. The van der Waals surface area contributed by atoms with Crippen LogP contribution in [0, 0.1) is 0 Å². The van der Waals surface area contributed by atoms with Gasteiger partial charge in [-0.1, -0.05) is 0 Å². The van der Waals surface area contributed by atoms with Crippen molar-refractivity contribution in [3.63, 3.8) is 0 Å². The summed E-state index contributed by atoms with van der Waals surface area (Å²) in [4.78, 5) is 22.4. The standard InChI is InChI=1S/C11H12BrNO4/c12-8-2-1-5-13(10(8)14)6-7-3-4-9(17-7)11(15)16/h1-2,5,7,9H,3-4,6H2,(H,15,16). The lowest BCUT2D eigenvalue weighted by Crippen LogP contribution is -2.28. The average molecular weight is 302 g/mol. The first-order valence-corrected chi connectivity index (χ1v) is 6.10. The summed E-state index contributed by atoms with van der Waals surface area (Å²) in [5, 5.41) is 8.79. The Morgan fingerprint density at radius 3 is 3.00 bits per heavy atom. The number of carboxylic acids is 1. The largest absolute Gasteiger partial charge is 0.479 e. The van der Waals surface area contributed by atoms with E-state index in [-0.39, 0.29) is 11.7 Å². The smallest absolute Gasteiger partial charge is 0.332 e. The van der Waals surface area contributed by atoms with E-state index in [0.717, 1.165) is 0 Å². The first kappa shape index (κ1) is 12.3. The number of carbonyl (C=O) groups is 1. The monoisotopic (exact) mass is 301 g/mol. The number of nitrogens with zero attached hydrogens (tertiary/aromatic N) is 1. The molecular formula is C11H12BrNO4. The van der Waals surface area contributed by atoms with Gasteiger partial charge in [0.05, 0.1) is 17.1 Å². The molecule has 1 aromatic rings. The van der Waals surface area contributed by atoms with E-state index in [1.165, 1.54) is 4.57 Å². The third-order valence-electron chi connectivity index (χ3n) is 2.76. The van der Waals surface area contributed by atoms with E-state index in [0.29, 0.717) is 23.9 Å². The Morgan fingerprint density at radius 2 is 2.35 bits per heavy atom. The maximum atomic E-state index is 11.7. The van der Waals surface area contributed by atoms with Gasteiger partial charge in [-0.05, 0) is 40.9 Å². The fourth-order valence-corrected chi connectivity index (χ4v) is 2.27. The number of hydrogen-bond donors (Lipinski definition) is 1. The molecule has 17 heavy (non-hydrogen) atoms. The van der Waals surface area contributed by atoms with Crippen LogP contribution in [0.15, 0.2) is 27.6 Å². The molecule has 2 atom stereocenters. The minimum atomic E-state index is -0.936. The van der Waals surface area contributed by atoms with Crippen molar-refractivity contribution in [2.45, 2.75) is 31.6 Å². The Morgan fingerprint density at radius 1 is 1.59 bits per heavy atom. The number of ether oxygens (including phenoxy) is 1. The summed E-state index contributed by atoms with van der Waals surface area (Å²) < 4.78 is 7.37. The van der Waals surface area contributed by atoms with Gasteiger partial charge in [-0.2, -0.15) is 0 Å². The van der Waals surface area contributed by atoms with Crippen molar-refractivity contribution in [3.8, 4) is 0 Å². The van der Waals surface area contributed by atoms with E-state index in [4.69, 9.17) is 9.84 Å². The van der Waals surface area contributed by atoms with Gasteiger partial charge in [0.2, 0.25) is 0 Å². The normalized spacial score (nSPS) is 23.8. The summed E-state index contributed by atoms with van der Waals surface area (Å²) in [7, 11) is 0. The van der Waals surface area contributed by atoms with Gasteiger partial charge < -0.3 is 14.4 Å². The fraction of sp³-hybridized carbons (Fsp3) is 0.455. The van der Waals surface area contributed by atoms with Crippen LogP contribution in [0.1, 0.15) is 12.8 Å². The zero-order valence-corrected chi connectivity index (χ0v) is 10.6. The molecule has 1 saturated heterocycles. The molecule has 2 rings (SSSR count). The predicted molar refractivity (Wildman–Crippen MR) is 63.9 cm³/mol. The van der Waals surface area contributed by atoms with Gasteiger partial charge in [0.15, 0.2) is 6.10 Å². The zero-order valence-electron chi connectivity index (χ0n) is 9.01. The van der Waals surface area contributed by atoms with E-state index in [1.54, 1.807) is 18.3 Å². The number of pyridine rings is 1. The summed E-state index contributed by atoms with van der Waals surface area (Å²) >= 11 is 3.16. The van der Waals surface area contributed by atoms with Crippen molar-refractivity contribution < 1.29 is 14.6 Å². The number of aromatic nitrogens is 1. The number of halogens is 1. The molecule has 1 fully saturated rings. The van der Waals surface area contributed by atoms with Crippen LogP contribution >= 0.6 is 15.9 Å². The molecule has 0 saturated carbocycles. The quantitative estimate of drug-likeness (QED) is 0.912. The molecule has 5 nitrogen and oxygen atoms in total. The van der Waals surface area contributed by atoms with Crippen molar-refractivity contribution in [1.82, 2.24) is 4.57 Å². The average Bonchev–Trinajstić information content (AvgIpc) is 2.73. The van der Waals surface area contributed by atoms with Crippen LogP contribution < -0.4 is 5.56 Å². The Balaban J connectivity index is 2.05. The van der Waals surface area contributed by atoms with E-state index in [2.05, 4.69) is 15.9 Å². The molecule has 0 aliphatic carbocycles. The van der Waals surface area contributed by atoms with Crippen LogP contribution in [-0.4, -0.2) is 27.9 Å². The van der Waals surface area contributed by atoms with Gasteiger partial charge in [0.1, 0.15) is 0 Å². The Hall–Kier alpha value is -1.14. The highest BCUT2D eigenvalue weighted by Crippen LogP contribution is 2.20. The number of hydrogen-bond acceptors (Lipinski definition) is 3. The first-order chi connectivity index (χ1) is 8.08. The van der Waals surface area contributed by atoms with Crippen molar-refractivity contribution in [3.05, 3.63) is 33.2 Å². The molecule has 0 amide bonds. The first-order valence-electron chi connectivity index (χ1n) is 5.31. The van der Waals surface area contributed by atoms with E-state index < -0.39 is 12.1 Å². The van der Waals surface area contributed by atoms with Crippen molar-refractivity contribution in [2.24, 2.45) is 0 Å².